The summed E-state index contributed by atoms with van der Waals surface area (Å²) < 4.78 is 12.0. The first kappa shape index (κ1) is 15.8. The number of ether oxygens (including phenoxy) is 2. The predicted octanol–water partition coefficient (Wildman–Crippen LogP) is 3.40. The number of rotatable bonds is 2. The molecular formula is C15H19BrN2O3. The standard InChI is InChI=1S/C15H19BrN2O3/c1-15(2,3)21-14(19)18-9-5-6-11(10-18)20-13-12(16)7-4-8-17-13/h4-8,11H,9-10H2,1-3H3. The molecule has 0 saturated heterocycles. The molecule has 21 heavy (non-hydrogen) atoms. The highest BCUT2D eigenvalue weighted by Gasteiger charge is 2.26. The van der Waals surface area contributed by atoms with Gasteiger partial charge in [0.25, 0.3) is 0 Å². The summed E-state index contributed by atoms with van der Waals surface area (Å²) in [6, 6.07) is 3.68. The highest BCUT2D eigenvalue weighted by molar-refractivity contribution is 9.10. The van der Waals surface area contributed by atoms with Crippen molar-refractivity contribution in [1.82, 2.24) is 9.88 Å². The third kappa shape index (κ3) is 4.74. The van der Waals surface area contributed by atoms with Gasteiger partial charge < -0.3 is 14.4 Å². The molecule has 0 fully saturated rings. The Labute approximate surface area is 133 Å². The van der Waals surface area contributed by atoms with E-state index in [1.54, 1.807) is 11.1 Å². The van der Waals surface area contributed by atoms with E-state index in [0.29, 0.717) is 19.0 Å². The molecule has 0 saturated carbocycles. The van der Waals surface area contributed by atoms with Gasteiger partial charge >= 0.3 is 6.09 Å². The fraction of sp³-hybridized carbons (Fsp3) is 0.467. The highest BCUT2D eigenvalue weighted by atomic mass is 79.9. The molecule has 0 N–H and O–H groups in total. The van der Waals surface area contributed by atoms with Crippen molar-refractivity contribution < 1.29 is 14.3 Å². The molecule has 1 aromatic rings. The summed E-state index contributed by atoms with van der Waals surface area (Å²) in [5, 5.41) is 0. The number of aromatic nitrogens is 1. The van der Waals surface area contributed by atoms with E-state index in [-0.39, 0.29) is 12.2 Å². The third-order valence-electron chi connectivity index (χ3n) is 2.72. The van der Waals surface area contributed by atoms with E-state index in [0.717, 1.165) is 4.47 Å². The second-order valence-electron chi connectivity index (χ2n) is 5.76. The van der Waals surface area contributed by atoms with Gasteiger partial charge in [0.2, 0.25) is 5.88 Å². The molecule has 114 valence electrons. The van der Waals surface area contributed by atoms with Crippen LogP contribution >= 0.6 is 15.9 Å². The van der Waals surface area contributed by atoms with Crippen molar-refractivity contribution >= 4 is 22.0 Å². The summed E-state index contributed by atoms with van der Waals surface area (Å²) in [4.78, 5) is 17.8. The van der Waals surface area contributed by atoms with Gasteiger partial charge in [-0.05, 0) is 54.9 Å². The molecule has 0 bridgehead atoms. The van der Waals surface area contributed by atoms with Crippen LogP contribution in [0.15, 0.2) is 35.0 Å². The average molecular weight is 355 g/mol. The van der Waals surface area contributed by atoms with Gasteiger partial charge in [-0.15, -0.1) is 0 Å². The van der Waals surface area contributed by atoms with Crippen molar-refractivity contribution in [3.63, 3.8) is 0 Å². The minimum absolute atomic E-state index is 0.238. The Hall–Kier alpha value is -1.56. The quantitative estimate of drug-likeness (QED) is 0.763. The maximum atomic E-state index is 12.1. The third-order valence-corrected chi connectivity index (χ3v) is 3.32. The van der Waals surface area contributed by atoms with Crippen LogP contribution in [0.25, 0.3) is 0 Å². The summed E-state index contributed by atoms with van der Waals surface area (Å²) in [5.41, 5.74) is -0.501. The molecule has 0 aromatic carbocycles. The molecule has 1 atom stereocenters. The SMILES string of the molecule is CC(C)(C)OC(=O)N1CC=CC(Oc2ncccc2Br)C1. The molecule has 2 rings (SSSR count). The van der Waals surface area contributed by atoms with E-state index in [9.17, 15) is 4.79 Å². The van der Waals surface area contributed by atoms with Crippen LogP contribution in [0.2, 0.25) is 0 Å². The van der Waals surface area contributed by atoms with Crippen molar-refractivity contribution in [1.29, 1.82) is 0 Å². The van der Waals surface area contributed by atoms with Crippen molar-refractivity contribution in [3.8, 4) is 5.88 Å². The molecule has 1 unspecified atom stereocenters. The van der Waals surface area contributed by atoms with Crippen LogP contribution in [0.1, 0.15) is 20.8 Å². The number of halogens is 1. The van der Waals surface area contributed by atoms with E-state index < -0.39 is 5.60 Å². The zero-order valence-electron chi connectivity index (χ0n) is 12.4. The Kier molecular flexibility index (Phi) is 4.88. The van der Waals surface area contributed by atoms with Crippen LogP contribution < -0.4 is 4.74 Å². The summed E-state index contributed by atoms with van der Waals surface area (Å²) in [6.07, 6.45) is 4.92. The number of carbonyl (C=O) groups is 1. The van der Waals surface area contributed by atoms with Gasteiger partial charge in [-0.25, -0.2) is 9.78 Å². The van der Waals surface area contributed by atoms with Gasteiger partial charge in [-0.3, -0.25) is 0 Å². The van der Waals surface area contributed by atoms with Gasteiger partial charge in [-0.2, -0.15) is 0 Å². The molecule has 1 aromatic heterocycles. The molecule has 0 aliphatic carbocycles. The molecular weight excluding hydrogens is 336 g/mol. The largest absolute Gasteiger partial charge is 0.467 e. The first-order chi connectivity index (χ1) is 9.85. The lowest BCUT2D eigenvalue weighted by molar-refractivity contribution is 0.0202. The zero-order valence-corrected chi connectivity index (χ0v) is 14.0. The lowest BCUT2D eigenvalue weighted by atomic mass is 10.2. The van der Waals surface area contributed by atoms with Crippen LogP contribution in [0.3, 0.4) is 0 Å². The van der Waals surface area contributed by atoms with Crippen LogP contribution in [0.4, 0.5) is 4.79 Å². The summed E-state index contributed by atoms with van der Waals surface area (Å²) in [7, 11) is 0. The smallest absolute Gasteiger partial charge is 0.410 e. The van der Waals surface area contributed by atoms with E-state index in [1.165, 1.54) is 0 Å². The lowest BCUT2D eigenvalue weighted by Gasteiger charge is -2.31. The maximum Gasteiger partial charge on any atom is 0.410 e. The lowest BCUT2D eigenvalue weighted by Crippen LogP contribution is -2.44. The van der Waals surface area contributed by atoms with E-state index in [4.69, 9.17) is 9.47 Å². The van der Waals surface area contributed by atoms with Crippen LogP contribution in [-0.2, 0) is 4.74 Å². The van der Waals surface area contributed by atoms with Crippen LogP contribution in [-0.4, -0.2) is 40.8 Å². The molecule has 0 spiro atoms. The van der Waals surface area contributed by atoms with E-state index in [1.807, 2.05) is 45.1 Å². The minimum Gasteiger partial charge on any atom is -0.467 e. The normalized spacial score (nSPS) is 18.5. The van der Waals surface area contributed by atoms with Crippen LogP contribution in [0.5, 0.6) is 5.88 Å². The topological polar surface area (TPSA) is 51.7 Å². The summed E-state index contributed by atoms with van der Waals surface area (Å²) in [5.74, 6) is 0.512. The first-order valence-electron chi connectivity index (χ1n) is 6.77. The molecule has 0 radical (unpaired) electrons. The Morgan fingerprint density at radius 1 is 1.48 bits per heavy atom. The Morgan fingerprint density at radius 3 is 2.90 bits per heavy atom. The van der Waals surface area contributed by atoms with Gasteiger partial charge in [0.15, 0.2) is 0 Å². The number of carbonyl (C=O) groups excluding carboxylic acids is 1. The van der Waals surface area contributed by atoms with Gasteiger partial charge in [-0.1, -0.05) is 6.08 Å². The first-order valence-corrected chi connectivity index (χ1v) is 7.56. The molecule has 5 nitrogen and oxygen atoms in total. The Morgan fingerprint density at radius 2 is 2.24 bits per heavy atom. The van der Waals surface area contributed by atoms with Crippen LogP contribution in [0, 0.1) is 0 Å². The van der Waals surface area contributed by atoms with Crippen molar-refractivity contribution in [2.24, 2.45) is 0 Å². The Balaban J connectivity index is 1.98. The molecule has 1 aliphatic rings. The zero-order chi connectivity index (χ0) is 15.5. The van der Waals surface area contributed by atoms with Crippen molar-refractivity contribution in [3.05, 3.63) is 35.0 Å². The maximum absolute atomic E-state index is 12.1. The molecule has 1 aliphatic heterocycles. The van der Waals surface area contributed by atoms with E-state index in [2.05, 4.69) is 20.9 Å². The minimum atomic E-state index is -0.501. The van der Waals surface area contributed by atoms with Crippen molar-refractivity contribution in [2.75, 3.05) is 13.1 Å². The second-order valence-corrected chi connectivity index (χ2v) is 6.61. The predicted molar refractivity (Wildman–Crippen MR) is 83.3 cm³/mol. The molecule has 1 amide bonds. The number of nitrogens with zero attached hydrogens (tertiary/aromatic N) is 2. The number of hydrogen-bond acceptors (Lipinski definition) is 4. The van der Waals surface area contributed by atoms with Gasteiger partial charge in [0.1, 0.15) is 11.7 Å². The highest BCUT2D eigenvalue weighted by Crippen LogP contribution is 2.23. The summed E-state index contributed by atoms with van der Waals surface area (Å²) >= 11 is 3.39. The average Bonchev–Trinajstić information content (AvgIpc) is 2.40. The fourth-order valence-electron chi connectivity index (χ4n) is 1.85. The molecule has 2 heterocycles. The van der Waals surface area contributed by atoms with E-state index >= 15 is 0 Å². The monoisotopic (exact) mass is 354 g/mol. The second kappa shape index (κ2) is 6.47. The molecule has 6 heteroatoms. The number of hydrogen-bond donors (Lipinski definition) is 0. The summed E-state index contributed by atoms with van der Waals surface area (Å²) in [6.45, 7) is 6.52. The van der Waals surface area contributed by atoms with Gasteiger partial charge in [0.05, 0.1) is 11.0 Å². The Bertz CT molecular complexity index is 540. The fourth-order valence-corrected chi connectivity index (χ4v) is 2.19. The van der Waals surface area contributed by atoms with Gasteiger partial charge in [0, 0.05) is 12.7 Å². The number of pyridine rings is 1. The number of amides is 1. The van der Waals surface area contributed by atoms with Crippen molar-refractivity contribution in [2.45, 2.75) is 32.5 Å².